The number of nitrogens with zero attached hydrogens (tertiary/aromatic N) is 3. The topological polar surface area (TPSA) is 52.2 Å². The van der Waals surface area contributed by atoms with Crippen LogP contribution in [-0.2, 0) is 6.54 Å². The van der Waals surface area contributed by atoms with Gasteiger partial charge < -0.3 is 14.8 Å². The Morgan fingerprint density at radius 3 is 2.65 bits per heavy atom. The molecule has 124 valence electrons. The van der Waals surface area contributed by atoms with Crippen LogP contribution in [0.4, 0.5) is 4.39 Å². The number of halogens is 2. The molecule has 0 unspecified atom stereocenters. The van der Waals surface area contributed by atoms with Crippen molar-refractivity contribution in [3.8, 4) is 0 Å². The number of aromatic amines is 1. The van der Waals surface area contributed by atoms with E-state index in [1.165, 1.54) is 18.2 Å². The maximum absolute atomic E-state index is 13.3. The zero-order valence-electron chi connectivity index (χ0n) is 13.4. The first-order valence-electron chi connectivity index (χ1n) is 7.26. The van der Waals surface area contributed by atoms with Crippen molar-refractivity contribution in [2.75, 3.05) is 27.2 Å². The van der Waals surface area contributed by atoms with Gasteiger partial charge in [-0.3, -0.25) is 4.79 Å². The summed E-state index contributed by atoms with van der Waals surface area (Å²) in [5, 5.41) is -0.0561. The molecule has 0 saturated heterocycles. The Hall–Kier alpha value is -1.92. The molecule has 0 aliphatic carbocycles. The molecule has 1 heterocycles. The first-order chi connectivity index (χ1) is 10.9. The Labute approximate surface area is 140 Å². The van der Waals surface area contributed by atoms with E-state index in [0.29, 0.717) is 25.2 Å². The fourth-order valence-electron chi connectivity index (χ4n) is 2.11. The zero-order valence-corrected chi connectivity index (χ0v) is 14.2. The van der Waals surface area contributed by atoms with Crippen LogP contribution in [0.15, 0.2) is 24.5 Å². The summed E-state index contributed by atoms with van der Waals surface area (Å²) < 4.78 is 13.3. The van der Waals surface area contributed by atoms with E-state index in [9.17, 15) is 9.18 Å². The molecule has 5 nitrogen and oxygen atoms in total. The first kappa shape index (κ1) is 17.4. The van der Waals surface area contributed by atoms with Crippen molar-refractivity contribution in [1.29, 1.82) is 0 Å². The molecule has 1 N–H and O–H groups in total. The van der Waals surface area contributed by atoms with Crippen LogP contribution >= 0.6 is 11.6 Å². The normalized spacial score (nSPS) is 11.0. The minimum Gasteiger partial charge on any atom is -0.348 e. The van der Waals surface area contributed by atoms with Crippen LogP contribution in [0.3, 0.4) is 0 Å². The molecule has 7 heteroatoms. The summed E-state index contributed by atoms with van der Waals surface area (Å²) in [6, 6.07) is 4.02. The summed E-state index contributed by atoms with van der Waals surface area (Å²) in [5.41, 5.74) is 2.10. The summed E-state index contributed by atoms with van der Waals surface area (Å²) in [7, 11) is 3.88. The highest BCUT2D eigenvalue weighted by Crippen LogP contribution is 2.18. The molecular formula is C16H20ClFN4O. The molecule has 0 atom stereocenters. The highest BCUT2D eigenvalue weighted by molar-refractivity contribution is 6.31. The maximum atomic E-state index is 13.3. The van der Waals surface area contributed by atoms with E-state index in [0.717, 1.165) is 11.4 Å². The number of rotatable bonds is 6. The second kappa shape index (κ2) is 7.57. The molecule has 0 spiro atoms. The second-order valence-corrected chi connectivity index (χ2v) is 6.04. The molecule has 2 aromatic rings. The first-order valence-corrected chi connectivity index (χ1v) is 7.64. The van der Waals surface area contributed by atoms with Crippen molar-refractivity contribution in [3.05, 3.63) is 52.3 Å². The van der Waals surface area contributed by atoms with Gasteiger partial charge in [0.25, 0.3) is 5.91 Å². The molecule has 23 heavy (non-hydrogen) atoms. The lowest BCUT2D eigenvalue weighted by Crippen LogP contribution is -2.36. The molecule has 0 aliphatic heterocycles. The van der Waals surface area contributed by atoms with Crippen LogP contribution in [0.25, 0.3) is 0 Å². The van der Waals surface area contributed by atoms with Gasteiger partial charge in [0.05, 0.1) is 23.6 Å². The summed E-state index contributed by atoms with van der Waals surface area (Å²) in [4.78, 5) is 23.7. The molecule has 1 aromatic heterocycles. The molecule has 0 fully saturated rings. The van der Waals surface area contributed by atoms with Gasteiger partial charge in [-0.15, -0.1) is 0 Å². The average Bonchev–Trinajstić information content (AvgIpc) is 2.90. The van der Waals surface area contributed by atoms with E-state index in [-0.39, 0.29) is 10.9 Å². The van der Waals surface area contributed by atoms with Crippen molar-refractivity contribution < 1.29 is 9.18 Å². The lowest BCUT2D eigenvalue weighted by molar-refractivity contribution is 0.0729. The van der Waals surface area contributed by atoms with Gasteiger partial charge >= 0.3 is 0 Å². The third kappa shape index (κ3) is 4.53. The van der Waals surface area contributed by atoms with Gasteiger partial charge in [0, 0.05) is 24.3 Å². The molecule has 0 aliphatic rings. The molecule has 2 rings (SSSR count). The molecule has 1 aromatic carbocycles. The predicted molar refractivity (Wildman–Crippen MR) is 88.0 cm³/mol. The number of likely N-dealkylation sites (N-methyl/N-ethyl adjacent to an activating group) is 1. The smallest absolute Gasteiger partial charge is 0.254 e. The minimum absolute atomic E-state index is 0.0561. The van der Waals surface area contributed by atoms with Crippen LogP contribution in [0.5, 0.6) is 0 Å². The fourth-order valence-corrected chi connectivity index (χ4v) is 2.29. The van der Waals surface area contributed by atoms with Crippen molar-refractivity contribution in [3.63, 3.8) is 0 Å². The quantitative estimate of drug-likeness (QED) is 0.881. The number of benzene rings is 1. The Morgan fingerprint density at radius 2 is 2.09 bits per heavy atom. The summed E-state index contributed by atoms with van der Waals surface area (Å²) in [6.07, 6.45) is 1.61. The van der Waals surface area contributed by atoms with Gasteiger partial charge in [-0.2, -0.15) is 0 Å². The zero-order chi connectivity index (χ0) is 17.0. The Morgan fingerprint density at radius 1 is 1.35 bits per heavy atom. The number of nitrogens with one attached hydrogen (secondary N) is 1. The lowest BCUT2D eigenvalue weighted by Gasteiger charge is -2.24. The van der Waals surface area contributed by atoms with E-state index in [1.807, 2.05) is 25.9 Å². The summed E-state index contributed by atoms with van der Waals surface area (Å²) >= 11 is 5.79. The van der Waals surface area contributed by atoms with E-state index in [4.69, 9.17) is 11.6 Å². The van der Waals surface area contributed by atoms with Crippen molar-refractivity contribution >= 4 is 17.5 Å². The van der Waals surface area contributed by atoms with Crippen LogP contribution < -0.4 is 0 Å². The van der Waals surface area contributed by atoms with E-state index in [1.54, 1.807) is 11.2 Å². The van der Waals surface area contributed by atoms with Crippen LogP contribution in [-0.4, -0.2) is 52.9 Å². The number of carbonyl (C=O) groups is 1. The van der Waals surface area contributed by atoms with Gasteiger partial charge in [-0.25, -0.2) is 9.37 Å². The van der Waals surface area contributed by atoms with Gasteiger partial charge in [-0.05, 0) is 39.2 Å². The van der Waals surface area contributed by atoms with Crippen molar-refractivity contribution in [1.82, 2.24) is 19.8 Å². The molecular weight excluding hydrogens is 319 g/mol. The van der Waals surface area contributed by atoms with E-state index in [2.05, 4.69) is 9.97 Å². The number of carbonyl (C=O) groups excluding carboxylic acids is 1. The molecule has 0 radical (unpaired) electrons. The summed E-state index contributed by atoms with van der Waals surface area (Å²) in [6.45, 7) is 3.54. The third-order valence-corrected chi connectivity index (χ3v) is 3.84. The molecule has 1 amide bonds. The number of amides is 1. The SMILES string of the molecule is Cc1[nH]cnc1CN(CCN(C)C)C(=O)c1ccc(F)c(Cl)c1. The van der Waals surface area contributed by atoms with Gasteiger partial charge in [0.15, 0.2) is 0 Å². The second-order valence-electron chi connectivity index (χ2n) is 5.63. The highest BCUT2D eigenvalue weighted by atomic mass is 35.5. The van der Waals surface area contributed by atoms with E-state index >= 15 is 0 Å². The third-order valence-electron chi connectivity index (χ3n) is 3.55. The molecule has 0 saturated carbocycles. The average molecular weight is 339 g/mol. The summed E-state index contributed by atoms with van der Waals surface area (Å²) in [5.74, 6) is -0.734. The number of aromatic nitrogens is 2. The Balaban J connectivity index is 2.22. The van der Waals surface area contributed by atoms with Crippen LogP contribution in [0, 0.1) is 12.7 Å². The number of aryl methyl sites for hydroxylation is 1. The standard InChI is InChI=1S/C16H20ClFN4O/c1-11-15(20-10-19-11)9-22(7-6-21(2)3)16(23)12-4-5-14(18)13(17)8-12/h4-5,8,10H,6-7,9H2,1-3H3,(H,19,20). The monoisotopic (exact) mass is 338 g/mol. The van der Waals surface area contributed by atoms with Gasteiger partial charge in [0.2, 0.25) is 0 Å². The van der Waals surface area contributed by atoms with Gasteiger partial charge in [0.1, 0.15) is 5.82 Å². The highest BCUT2D eigenvalue weighted by Gasteiger charge is 2.19. The maximum Gasteiger partial charge on any atom is 0.254 e. The van der Waals surface area contributed by atoms with Crippen molar-refractivity contribution in [2.24, 2.45) is 0 Å². The largest absolute Gasteiger partial charge is 0.348 e. The number of H-pyrrole nitrogens is 1. The minimum atomic E-state index is -0.536. The Kier molecular flexibility index (Phi) is 5.74. The number of hydrogen-bond donors (Lipinski definition) is 1. The van der Waals surface area contributed by atoms with Crippen LogP contribution in [0.2, 0.25) is 5.02 Å². The predicted octanol–water partition coefficient (Wildman–Crippen LogP) is 2.71. The van der Waals surface area contributed by atoms with E-state index < -0.39 is 5.82 Å². The fraction of sp³-hybridized carbons (Fsp3) is 0.375. The van der Waals surface area contributed by atoms with Gasteiger partial charge in [-0.1, -0.05) is 11.6 Å². The lowest BCUT2D eigenvalue weighted by atomic mass is 10.2. The molecule has 0 bridgehead atoms. The van der Waals surface area contributed by atoms with Crippen LogP contribution in [0.1, 0.15) is 21.7 Å². The Bertz CT molecular complexity index is 686. The van der Waals surface area contributed by atoms with Crippen molar-refractivity contribution in [2.45, 2.75) is 13.5 Å². The number of hydrogen-bond acceptors (Lipinski definition) is 3. The number of imidazole rings is 1.